The lowest BCUT2D eigenvalue weighted by Gasteiger charge is -2.15. The first-order valence-corrected chi connectivity index (χ1v) is 25.3. The van der Waals surface area contributed by atoms with Gasteiger partial charge in [-0.3, -0.25) is 4.57 Å². The van der Waals surface area contributed by atoms with Gasteiger partial charge >= 0.3 is 0 Å². The Hall–Kier alpha value is -9.33. The molecule has 0 bridgehead atoms. The highest BCUT2D eigenvalue weighted by molar-refractivity contribution is 6.14. The van der Waals surface area contributed by atoms with Gasteiger partial charge in [0.05, 0.1) is 22.2 Å². The Bertz CT molecular complexity index is 4600. The van der Waals surface area contributed by atoms with E-state index in [1.165, 1.54) is 28.1 Å². The van der Waals surface area contributed by atoms with E-state index < -0.39 is 0 Å². The second-order valence-corrected chi connectivity index (χ2v) is 19.1. The molecule has 5 aromatic heterocycles. The van der Waals surface area contributed by atoms with Gasteiger partial charge in [0.15, 0.2) is 11.6 Å². The number of allylic oxidation sites excluding steroid dienone is 1. The van der Waals surface area contributed by atoms with Gasteiger partial charge < -0.3 is 13.4 Å². The first-order chi connectivity index (χ1) is 36.2. The van der Waals surface area contributed by atoms with Crippen LogP contribution in [0.3, 0.4) is 0 Å². The van der Waals surface area contributed by atoms with Crippen molar-refractivity contribution in [1.29, 1.82) is 0 Å². The summed E-state index contributed by atoms with van der Waals surface area (Å²) in [6, 6.07) is 70.7. The maximum atomic E-state index is 6.53. The Balaban J connectivity index is 0.00000234. The highest BCUT2D eigenvalue weighted by atomic mass is 16.3. The SMILES string of the molecule is C1=CC2CC2c2c1n(-c1nc(-c3cccc(-n4c5ccccc5c5cccc(-c6cccc(-c7cccc8c7oc7ccccc78)c6)c54)c3)nc(-c3ccc4c(c3)oc3ccccc34)n1)c1ccccc21.CC. The molecule has 2 aliphatic rings. The van der Waals surface area contributed by atoms with E-state index in [2.05, 4.69) is 191 Å². The van der Waals surface area contributed by atoms with Crippen LogP contribution in [0.25, 0.3) is 139 Å². The lowest BCUT2D eigenvalue weighted by molar-refractivity contribution is 0.669. The molecule has 1 saturated carbocycles. The largest absolute Gasteiger partial charge is 0.456 e. The fourth-order valence-corrected chi connectivity index (χ4v) is 11.7. The molecule has 2 atom stereocenters. The first kappa shape index (κ1) is 41.5. The van der Waals surface area contributed by atoms with Crippen molar-refractivity contribution in [3.8, 4) is 56.7 Å². The highest BCUT2D eigenvalue weighted by Crippen LogP contribution is 2.56. The molecule has 16 rings (SSSR count). The van der Waals surface area contributed by atoms with Crippen molar-refractivity contribution in [2.45, 2.75) is 26.2 Å². The van der Waals surface area contributed by atoms with Crippen LogP contribution < -0.4 is 0 Å². The van der Waals surface area contributed by atoms with Crippen LogP contribution >= 0.6 is 0 Å². The quantitative estimate of drug-likeness (QED) is 0.166. The number of hydrogen-bond donors (Lipinski definition) is 0. The Labute approximate surface area is 419 Å². The van der Waals surface area contributed by atoms with Crippen LogP contribution in [-0.2, 0) is 0 Å². The van der Waals surface area contributed by atoms with Gasteiger partial charge in [-0.1, -0.05) is 166 Å². The van der Waals surface area contributed by atoms with E-state index in [0.29, 0.717) is 29.4 Å². The van der Waals surface area contributed by atoms with Gasteiger partial charge in [0.2, 0.25) is 5.95 Å². The third kappa shape index (κ3) is 6.35. The molecule has 0 aliphatic heterocycles. The second kappa shape index (κ2) is 16.1. The molecule has 14 aromatic rings. The van der Waals surface area contributed by atoms with Crippen molar-refractivity contribution in [3.05, 3.63) is 218 Å². The van der Waals surface area contributed by atoms with Crippen LogP contribution in [0.5, 0.6) is 0 Å². The van der Waals surface area contributed by atoms with Gasteiger partial charge in [0, 0.05) is 65.6 Å². The monoisotopic (exact) mass is 939 g/mol. The third-order valence-corrected chi connectivity index (χ3v) is 15.1. The number of fused-ring (bicyclic) bond motifs is 14. The van der Waals surface area contributed by atoms with Crippen molar-refractivity contribution in [2.24, 2.45) is 5.92 Å². The predicted molar refractivity (Wildman–Crippen MR) is 299 cm³/mol. The van der Waals surface area contributed by atoms with E-state index in [1.54, 1.807) is 0 Å². The van der Waals surface area contributed by atoms with Crippen molar-refractivity contribution in [1.82, 2.24) is 24.1 Å². The topological polar surface area (TPSA) is 74.8 Å². The summed E-state index contributed by atoms with van der Waals surface area (Å²) in [4.78, 5) is 16.1. The van der Waals surface area contributed by atoms with Gasteiger partial charge in [0.1, 0.15) is 22.3 Å². The maximum absolute atomic E-state index is 6.53. The average Bonchev–Trinajstić information content (AvgIpc) is 3.69. The standard InChI is InChI=1S/C64H39N5O2.C2H6/c1-5-25-53-45(17-1)49-23-11-21-43(37-13-9-14-38(33-37)44-22-12-24-50-47-19-4-8-28-57(47)71-61(44)50)60(49)68(53)42-16-10-15-40(34-42)62-65-63(41-29-31-48-46-18-3-7-27-56(46)70-58(48)36-41)67-64(66-62)69-54-26-6-2-20-51(54)59-52-35-39(52)30-32-55(59)69;1-2/h1-34,36,39,52H,35H2;1-2H3. The summed E-state index contributed by atoms with van der Waals surface area (Å²) in [5.74, 6) is 2.84. The van der Waals surface area contributed by atoms with Crippen LogP contribution in [0.1, 0.15) is 37.4 Å². The average molecular weight is 940 g/mol. The molecule has 1 fully saturated rings. The Kier molecular flexibility index (Phi) is 9.14. The third-order valence-electron chi connectivity index (χ3n) is 15.1. The number of hydrogen-bond acceptors (Lipinski definition) is 5. The number of aromatic nitrogens is 5. The van der Waals surface area contributed by atoms with E-state index in [-0.39, 0.29) is 0 Å². The minimum absolute atomic E-state index is 0.513. The minimum atomic E-state index is 0.513. The van der Waals surface area contributed by atoms with E-state index in [4.69, 9.17) is 23.8 Å². The molecule has 0 radical (unpaired) electrons. The molecule has 7 nitrogen and oxygen atoms in total. The predicted octanol–water partition coefficient (Wildman–Crippen LogP) is 17.5. The van der Waals surface area contributed by atoms with E-state index >= 15 is 0 Å². The van der Waals surface area contributed by atoms with Crippen molar-refractivity contribution in [2.75, 3.05) is 0 Å². The smallest absolute Gasteiger partial charge is 0.238 e. The molecule has 9 aromatic carbocycles. The first-order valence-electron chi connectivity index (χ1n) is 25.3. The van der Waals surface area contributed by atoms with Gasteiger partial charge in [0.25, 0.3) is 0 Å². The molecule has 0 spiro atoms. The summed E-state index contributed by atoms with van der Waals surface area (Å²) in [6.07, 6.45) is 5.81. The maximum Gasteiger partial charge on any atom is 0.238 e. The minimum Gasteiger partial charge on any atom is -0.456 e. The van der Waals surface area contributed by atoms with Crippen molar-refractivity contribution >= 4 is 82.7 Å². The van der Waals surface area contributed by atoms with E-state index in [1.807, 2.05) is 44.2 Å². The zero-order valence-electron chi connectivity index (χ0n) is 40.1. The Morgan fingerprint density at radius 2 is 1.03 bits per heavy atom. The van der Waals surface area contributed by atoms with E-state index in [9.17, 15) is 0 Å². The summed E-state index contributed by atoms with van der Waals surface area (Å²) in [5, 5.41) is 7.99. The molecule has 0 N–H and O–H groups in total. The molecule has 5 heterocycles. The number of rotatable bonds is 6. The van der Waals surface area contributed by atoms with Crippen LogP contribution in [0.2, 0.25) is 0 Å². The lowest BCUT2D eigenvalue weighted by atomic mass is 9.96. The molecule has 7 heteroatoms. The number of furan rings is 2. The Morgan fingerprint density at radius 1 is 0.438 bits per heavy atom. The summed E-state index contributed by atoms with van der Waals surface area (Å²) in [5.41, 5.74) is 16.4. The normalized spacial score (nSPS) is 14.9. The van der Waals surface area contributed by atoms with Gasteiger partial charge in [-0.15, -0.1) is 0 Å². The lowest BCUT2D eigenvalue weighted by Crippen LogP contribution is -2.08. The van der Waals surface area contributed by atoms with Gasteiger partial charge in [-0.25, -0.2) is 4.98 Å². The molecule has 346 valence electrons. The van der Waals surface area contributed by atoms with Crippen molar-refractivity contribution < 1.29 is 8.83 Å². The van der Waals surface area contributed by atoms with Gasteiger partial charge in [-0.05, 0) is 95.6 Å². The van der Waals surface area contributed by atoms with Crippen LogP contribution in [0.4, 0.5) is 0 Å². The van der Waals surface area contributed by atoms with E-state index in [0.717, 1.165) is 105 Å². The van der Waals surface area contributed by atoms with Crippen LogP contribution in [0.15, 0.2) is 215 Å². The highest BCUT2D eigenvalue weighted by Gasteiger charge is 2.43. The fourth-order valence-electron chi connectivity index (χ4n) is 11.7. The molecule has 0 amide bonds. The molecule has 0 saturated heterocycles. The summed E-state index contributed by atoms with van der Waals surface area (Å²) >= 11 is 0. The van der Waals surface area contributed by atoms with Gasteiger partial charge in [-0.2, -0.15) is 9.97 Å². The molecule has 73 heavy (non-hydrogen) atoms. The summed E-state index contributed by atoms with van der Waals surface area (Å²) in [6.45, 7) is 4.00. The molecular weight excluding hydrogens is 895 g/mol. The second-order valence-electron chi connectivity index (χ2n) is 19.1. The molecular formula is C66H45N5O2. The Morgan fingerprint density at radius 3 is 1.84 bits per heavy atom. The van der Waals surface area contributed by atoms with Crippen LogP contribution in [0, 0.1) is 5.92 Å². The summed E-state index contributed by atoms with van der Waals surface area (Å²) < 4.78 is 17.6. The van der Waals surface area contributed by atoms with Crippen LogP contribution in [-0.4, -0.2) is 24.1 Å². The molecule has 2 unspecified atom stereocenters. The zero-order chi connectivity index (χ0) is 48.3. The number of nitrogens with zero attached hydrogens (tertiary/aromatic N) is 5. The van der Waals surface area contributed by atoms with Crippen molar-refractivity contribution in [3.63, 3.8) is 0 Å². The fraction of sp³-hybridized carbons (Fsp3) is 0.0758. The molecule has 2 aliphatic carbocycles. The zero-order valence-corrected chi connectivity index (χ0v) is 40.1. The summed E-state index contributed by atoms with van der Waals surface area (Å²) in [7, 11) is 0. The number of para-hydroxylation sites is 6. The number of benzene rings is 9.